The molecule has 10 aromatic carbocycles. The molecule has 0 aliphatic carbocycles. The van der Waals surface area contributed by atoms with Gasteiger partial charge in [-0.15, -0.1) is 0 Å². The van der Waals surface area contributed by atoms with Crippen molar-refractivity contribution in [2.75, 3.05) is 0 Å². The SMILES string of the molecule is [C-]#[N+]c1ccc(-c2ccc3c(c2)c2ccccc2n3-c2ccc(-c3nc(-c4ccccc4)nc(-c4ccccc4)n3)cc2-c2cc(C)ccc2-n2c3ccccc3c3cc(-c4ccc(C#N)cc4[N+]#[C-])ccc32)c(C#N)c1. The molecule has 77 heavy (non-hydrogen) atoms. The summed E-state index contributed by atoms with van der Waals surface area (Å²) in [6, 6.07) is 77.7. The lowest BCUT2D eigenvalue weighted by Crippen LogP contribution is -2.04. The predicted molar refractivity (Wildman–Crippen MR) is 308 cm³/mol. The molecule has 9 nitrogen and oxygen atoms in total. The van der Waals surface area contributed by atoms with E-state index >= 15 is 0 Å². The first-order chi connectivity index (χ1) is 37.9. The van der Waals surface area contributed by atoms with Crippen molar-refractivity contribution in [1.82, 2.24) is 24.1 Å². The Hall–Kier alpha value is -11.2. The summed E-state index contributed by atoms with van der Waals surface area (Å²) in [6.07, 6.45) is 0. The molecule has 0 aliphatic heterocycles. The number of benzene rings is 10. The van der Waals surface area contributed by atoms with Crippen molar-refractivity contribution >= 4 is 55.0 Å². The maximum atomic E-state index is 10.3. The summed E-state index contributed by atoms with van der Waals surface area (Å²) in [5.74, 6) is 1.65. The Morgan fingerprint density at radius 2 is 0.896 bits per heavy atom. The third kappa shape index (κ3) is 7.81. The van der Waals surface area contributed by atoms with Crippen LogP contribution in [-0.4, -0.2) is 24.1 Å². The van der Waals surface area contributed by atoms with Crippen LogP contribution in [-0.2, 0) is 0 Å². The summed E-state index contributed by atoms with van der Waals surface area (Å²) < 4.78 is 4.66. The van der Waals surface area contributed by atoms with Gasteiger partial charge in [-0.25, -0.2) is 24.6 Å². The highest BCUT2D eigenvalue weighted by Gasteiger charge is 2.24. The Morgan fingerprint density at radius 1 is 0.390 bits per heavy atom. The van der Waals surface area contributed by atoms with Crippen LogP contribution in [0.5, 0.6) is 0 Å². The van der Waals surface area contributed by atoms with Gasteiger partial charge in [0.2, 0.25) is 0 Å². The number of fused-ring (bicyclic) bond motifs is 6. The second kappa shape index (κ2) is 18.7. The molecule has 13 rings (SSSR count). The van der Waals surface area contributed by atoms with Gasteiger partial charge < -0.3 is 9.13 Å². The van der Waals surface area contributed by atoms with Crippen molar-refractivity contribution in [3.05, 3.63) is 258 Å². The fourth-order valence-corrected chi connectivity index (χ4v) is 10.8. The molecule has 0 unspecified atom stereocenters. The van der Waals surface area contributed by atoms with Crippen LogP contribution in [0.3, 0.4) is 0 Å². The quantitative estimate of drug-likeness (QED) is 0.141. The maximum absolute atomic E-state index is 10.3. The highest BCUT2D eigenvalue weighted by molar-refractivity contribution is 6.13. The minimum atomic E-state index is 0.420. The van der Waals surface area contributed by atoms with Crippen molar-refractivity contribution in [3.8, 4) is 91.1 Å². The Kier molecular flexibility index (Phi) is 11.1. The molecule has 13 aromatic rings. The molecule has 0 atom stereocenters. The Morgan fingerprint density at radius 3 is 1.47 bits per heavy atom. The van der Waals surface area contributed by atoms with Gasteiger partial charge in [-0.1, -0.05) is 139 Å². The lowest BCUT2D eigenvalue weighted by molar-refractivity contribution is 1.07. The largest absolute Gasteiger partial charge is 0.309 e. The molecule has 0 N–H and O–H groups in total. The van der Waals surface area contributed by atoms with Gasteiger partial charge in [0.1, 0.15) is 0 Å². The molecular weight excluding hydrogens is 943 g/mol. The molecule has 0 aliphatic rings. The number of nitriles is 2. The third-order valence-electron chi connectivity index (χ3n) is 14.3. The van der Waals surface area contributed by atoms with Crippen LogP contribution in [0.4, 0.5) is 11.4 Å². The van der Waals surface area contributed by atoms with Crippen LogP contribution in [0.2, 0.25) is 0 Å². The Balaban J connectivity index is 1.09. The van der Waals surface area contributed by atoms with E-state index in [9.17, 15) is 10.5 Å². The summed E-state index contributed by atoms with van der Waals surface area (Å²) in [7, 11) is 0. The van der Waals surface area contributed by atoms with Gasteiger partial charge in [0.15, 0.2) is 28.8 Å². The molecule has 0 spiro atoms. The molecule has 0 amide bonds. The van der Waals surface area contributed by atoms with Crippen LogP contribution < -0.4 is 0 Å². The smallest absolute Gasteiger partial charge is 0.196 e. The molecule has 3 heterocycles. The van der Waals surface area contributed by atoms with Gasteiger partial charge in [-0.05, 0) is 114 Å². The lowest BCUT2D eigenvalue weighted by Gasteiger charge is -2.20. The zero-order chi connectivity index (χ0) is 52.1. The number of hydrogen-bond acceptors (Lipinski definition) is 5. The molecule has 356 valence electrons. The minimum Gasteiger partial charge on any atom is -0.309 e. The zero-order valence-corrected chi connectivity index (χ0v) is 41.3. The van der Waals surface area contributed by atoms with Crippen LogP contribution in [0.1, 0.15) is 16.7 Å². The molecule has 9 heteroatoms. The van der Waals surface area contributed by atoms with Gasteiger partial charge >= 0.3 is 0 Å². The fraction of sp³-hybridized carbons (Fsp3) is 0.0147. The molecular formula is C68H39N9. The van der Waals surface area contributed by atoms with Crippen molar-refractivity contribution < 1.29 is 0 Å². The van der Waals surface area contributed by atoms with Gasteiger partial charge in [-0.2, -0.15) is 10.5 Å². The number of hydrogen-bond donors (Lipinski definition) is 0. The van der Waals surface area contributed by atoms with Crippen molar-refractivity contribution in [3.63, 3.8) is 0 Å². The van der Waals surface area contributed by atoms with Crippen LogP contribution in [0.25, 0.3) is 132 Å². The second-order valence-electron chi connectivity index (χ2n) is 18.9. The van der Waals surface area contributed by atoms with Crippen molar-refractivity contribution in [1.29, 1.82) is 10.5 Å². The summed E-state index contributed by atoms with van der Waals surface area (Å²) in [5, 5.41) is 24.0. The van der Waals surface area contributed by atoms with Gasteiger partial charge in [0.05, 0.1) is 58.7 Å². The monoisotopic (exact) mass is 981 g/mol. The lowest BCUT2D eigenvalue weighted by atomic mass is 9.96. The summed E-state index contributed by atoms with van der Waals surface area (Å²) in [5.41, 5.74) is 16.4. The maximum Gasteiger partial charge on any atom is 0.196 e. The molecule has 0 saturated heterocycles. The summed E-state index contributed by atoms with van der Waals surface area (Å²) in [6.45, 7) is 17.7. The molecule has 0 bridgehead atoms. The van der Waals surface area contributed by atoms with E-state index in [4.69, 9.17) is 28.1 Å². The van der Waals surface area contributed by atoms with E-state index in [-0.39, 0.29) is 0 Å². The standard InChI is InChI=1S/C68H39N9/c1-42-22-30-62(76-60-20-12-11-19-54(60)57-38-47(25-32-64(57)76)52-28-23-43(40-69)35-59(52)72-3)55(34-42)58-39-48(68-74-66(44-14-6-4-7-15-44)73-67(75-68)45-16-8-5-9-17-45)26-33-65(58)77-61-21-13-10-18-53(61)56-37-46(24-31-63(56)77)51-29-27-50(71-2)36-49(51)41-70/h4-39H,1H3. The highest BCUT2D eigenvalue weighted by Crippen LogP contribution is 2.45. The zero-order valence-electron chi connectivity index (χ0n) is 41.3. The minimum absolute atomic E-state index is 0.420. The molecule has 0 radical (unpaired) electrons. The topological polar surface area (TPSA) is 105 Å². The van der Waals surface area contributed by atoms with Crippen LogP contribution in [0.15, 0.2) is 218 Å². The number of nitrogens with zero attached hydrogens (tertiary/aromatic N) is 9. The van der Waals surface area contributed by atoms with E-state index in [1.54, 1.807) is 24.3 Å². The number of rotatable bonds is 8. The number of para-hydroxylation sites is 2. The van der Waals surface area contributed by atoms with E-state index in [0.29, 0.717) is 40.0 Å². The third-order valence-corrected chi connectivity index (χ3v) is 14.3. The van der Waals surface area contributed by atoms with E-state index in [2.05, 4.69) is 159 Å². The van der Waals surface area contributed by atoms with Gasteiger partial charge in [0.25, 0.3) is 0 Å². The van der Waals surface area contributed by atoms with Gasteiger partial charge in [-0.3, -0.25) is 0 Å². The summed E-state index contributed by atoms with van der Waals surface area (Å²) in [4.78, 5) is 22.9. The Labute approximate surface area is 443 Å². The van der Waals surface area contributed by atoms with E-state index < -0.39 is 0 Å². The number of aryl methyl sites for hydroxylation is 1. The highest BCUT2D eigenvalue weighted by atomic mass is 15.0. The average molecular weight is 982 g/mol. The second-order valence-corrected chi connectivity index (χ2v) is 18.9. The summed E-state index contributed by atoms with van der Waals surface area (Å²) >= 11 is 0. The fourth-order valence-electron chi connectivity index (χ4n) is 10.8. The first kappa shape index (κ1) is 45.6. The molecule has 0 saturated carbocycles. The van der Waals surface area contributed by atoms with Gasteiger partial charge in [0, 0.05) is 60.5 Å². The molecule has 0 fully saturated rings. The number of aromatic nitrogens is 5. The van der Waals surface area contributed by atoms with E-state index in [1.807, 2.05) is 72.8 Å². The van der Waals surface area contributed by atoms with Crippen molar-refractivity contribution in [2.24, 2.45) is 0 Å². The first-order valence-corrected chi connectivity index (χ1v) is 24.9. The Bertz CT molecular complexity index is 4690. The normalized spacial score (nSPS) is 11.1. The molecule has 3 aromatic heterocycles. The van der Waals surface area contributed by atoms with Crippen LogP contribution >= 0.6 is 0 Å². The van der Waals surface area contributed by atoms with Crippen LogP contribution in [0, 0.1) is 42.7 Å². The predicted octanol–water partition coefficient (Wildman–Crippen LogP) is 17.2. The van der Waals surface area contributed by atoms with E-state index in [0.717, 1.165) is 111 Å². The van der Waals surface area contributed by atoms with E-state index in [1.165, 1.54) is 0 Å². The average Bonchev–Trinajstić information content (AvgIpc) is 4.18. The first-order valence-electron chi connectivity index (χ1n) is 24.9. The van der Waals surface area contributed by atoms with Crippen molar-refractivity contribution in [2.45, 2.75) is 6.92 Å².